The van der Waals surface area contributed by atoms with Crippen LogP contribution in [-0.2, 0) is 0 Å². The van der Waals surface area contributed by atoms with Crippen molar-refractivity contribution in [2.24, 2.45) is 5.73 Å². The molecule has 0 aliphatic rings. The Kier molecular flexibility index (Phi) is 2.88. The number of rotatable bonds is 3. The highest BCUT2D eigenvalue weighted by Gasteiger charge is 2.39. The van der Waals surface area contributed by atoms with E-state index in [1.807, 2.05) is 0 Å². The van der Waals surface area contributed by atoms with E-state index in [9.17, 15) is 17.6 Å². The summed E-state index contributed by atoms with van der Waals surface area (Å²) in [4.78, 5) is 0. The van der Waals surface area contributed by atoms with Crippen molar-refractivity contribution in [3.8, 4) is 0 Å². The molecule has 0 saturated carbocycles. The van der Waals surface area contributed by atoms with Crippen LogP contribution in [0, 0.1) is 0 Å². The maximum atomic E-state index is 12.2. The number of hydrogen-bond acceptors (Lipinski definition) is 1. The summed E-state index contributed by atoms with van der Waals surface area (Å²) in [6.07, 6.45) is -3.93. The van der Waals surface area contributed by atoms with Crippen LogP contribution in [-0.4, -0.2) is 17.9 Å². The number of halogens is 4. The average molecular weight is 173 g/mol. The van der Waals surface area contributed by atoms with E-state index in [1.54, 1.807) is 0 Å². The van der Waals surface area contributed by atoms with Crippen LogP contribution in [0.25, 0.3) is 0 Å². The van der Waals surface area contributed by atoms with Gasteiger partial charge < -0.3 is 5.73 Å². The van der Waals surface area contributed by atoms with Gasteiger partial charge in [-0.15, -0.1) is 0 Å². The van der Waals surface area contributed by atoms with Gasteiger partial charge in [-0.05, 0) is 13.8 Å². The van der Waals surface area contributed by atoms with Crippen LogP contribution < -0.4 is 5.73 Å². The SMILES string of the molecule is CC(F)(F)CC(C)(N)C(F)F. The van der Waals surface area contributed by atoms with Crippen molar-refractivity contribution in [3.63, 3.8) is 0 Å². The Morgan fingerprint density at radius 2 is 1.64 bits per heavy atom. The molecule has 0 amide bonds. The Morgan fingerprint density at radius 1 is 1.27 bits per heavy atom. The number of hydrogen-bond donors (Lipinski definition) is 1. The minimum Gasteiger partial charge on any atom is -0.320 e. The molecule has 5 heteroatoms. The molecule has 0 rings (SSSR count). The van der Waals surface area contributed by atoms with Crippen LogP contribution in [0.4, 0.5) is 17.6 Å². The molecule has 1 atom stereocenters. The van der Waals surface area contributed by atoms with Crippen LogP contribution in [0.2, 0.25) is 0 Å². The van der Waals surface area contributed by atoms with Crippen molar-refractivity contribution in [1.29, 1.82) is 0 Å². The zero-order valence-electron chi connectivity index (χ0n) is 6.37. The minimum atomic E-state index is -3.14. The molecule has 0 aromatic carbocycles. The smallest absolute Gasteiger partial charge is 0.256 e. The molecule has 0 radical (unpaired) electrons. The summed E-state index contributed by atoms with van der Waals surface area (Å²) >= 11 is 0. The van der Waals surface area contributed by atoms with E-state index in [1.165, 1.54) is 0 Å². The van der Waals surface area contributed by atoms with Crippen LogP contribution in [0.3, 0.4) is 0 Å². The van der Waals surface area contributed by atoms with E-state index >= 15 is 0 Å². The van der Waals surface area contributed by atoms with Gasteiger partial charge in [0.1, 0.15) is 0 Å². The first-order valence-electron chi connectivity index (χ1n) is 3.10. The molecule has 1 nitrogen and oxygen atoms in total. The molecular formula is C6H11F4N. The van der Waals surface area contributed by atoms with E-state index in [-0.39, 0.29) is 0 Å². The van der Waals surface area contributed by atoms with Crippen molar-refractivity contribution in [2.45, 2.75) is 38.2 Å². The van der Waals surface area contributed by atoms with Crippen LogP contribution >= 0.6 is 0 Å². The minimum absolute atomic E-state index is 0.570. The lowest BCUT2D eigenvalue weighted by Gasteiger charge is -2.26. The topological polar surface area (TPSA) is 26.0 Å². The van der Waals surface area contributed by atoms with Gasteiger partial charge in [-0.2, -0.15) is 0 Å². The second kappa shape index (κ2) is 2.97. The molecule has 0 fully saturated rings. The van der Waals surface area contributed by atoms with Crippen molar-refractivity contribution in [3.05, 3.63) is 0 Å². The lowest BCUT2D eigenvalue weighted by atomic mass is 9.96. The van der Waals surface area contributed by atoms with Gasteiger partial charge in [-0.25, -0.2) is 17.6 Å². The molecule has 1 unspecified atom stereocenters. The highest BCUT2D eigenvalue weighted by Crippen LogP contribution is 2.27. The largest absolute Gasteiger partial charge is 0.320 e. The third-order valence-electron chi connectivity index (χ3n) is 1.19. The van der Waals surface area contributed by atoms with Crippen LogP contribution in [0.5, 0.6) is 0 Å². The van der Waals surface area contributed by atoms with E-state index in [0.717, 1.165) is 6.92 Å². The third-order valence-corrected chi connectivity index (χ3v) is 1.19. The first-order valence-corrected chi connectivity index (χ1v) is 3.10. The van der Waals surface area contributed by atoms with Gasteiger partial charge in [0.15, 0.2) is 0 Å². The standard InChI is InChI=1S/C6H11F4N/c1-5(11,4(7)8)3-6(2,9)10/h4H,3,11H2,1-2H3. The van der Waals surface area contributed by atoms with Crippen molar-refractivity contribution >= 4 is 0 Å². The summed E-state index contributed by atoms with van der Waals surface area (Å²) < 4.78 is 48.1. The van der Waals surface area contributed by atoms with E-state index in [4.69, 9.17) is 5.73 Å². The van der Waals surface area contributed by atoms with E-state index < -0.39 is 24.3 Å². The van der Waals surface area contributed by atoms with Gasteiger partial charge in [0.05, 0.1) is 5.54 Å². The zero-order valence-corrected chi connectivity index (χ0v) is 6.37. The maximum absolute atomic E-state index is 12.2. The molecule has 11 heavy (non-hydrogen) atoms. The predicted molar refractivity (Wildman–Crippen MR) is 33.8 cm³/mol. The second-order valence-electron chi connectivity index (χ2n) is 3.05. The number of alkyl halides is 4. The summed E-state index contributed by atoms with van der Waals surface area (Å²) in [5.41, 5.74) is 2.82. The lowest BCUT2D eigenvalue weighted by Crippen LogP contribution is -2.47. The summed E-state index contributed by atoms with van der Waals surface area (Å²) in [5.74, 6) is -3.14. The van der Waals surface area contributed by atoms with Crippen molar-refractivity contribution in [2.75, 3.05) is 0 Å². The van der Waals surface area contributed by atoms with Gasteiger partial charge in [0.25, 0.3) is 6.43 Å². The van der Waals surface area contributed by atoms with Gasteiger partial charge in [-0.1, -0.05) is 0 Å². The maximum Gasteiger partial charge on any atom is 0.256 e. The fourth-order valence-electron chi connectivity index (χ4n) is 0.746. The molecule has 0 spiro atoms. The highest BCUT2D eigenvalue weighted by atomic mass is 19.3. The van der Waals surface area contributed by atoms with Gasteiger partial charge in [0, 0.05) is 6.42 Å². The first-order chi connectivity index (χ1) is 4.65. The summed E-state index contributed by atoms with van der Waals surface area (Å²) in [6, 6.07) is 0. The summed E-state index contributed by atoms with van der Waals surface area (Å²) in [6.45, 7) is 1.48. The van der Waals surface area contributed by atoms with Gasteiger partial charge in [0.2, 0.25) is 5.92 Å². The molecule has 0 aliphatic heterocycles. The first kappa shape index (κ1) is 10.7. The lowest BCUT2D eigenvalue weighted by molar-refractivity contribution is -0.0440. The third kappa shape index (κ3) is 4.19. The van der Waals surface area contributed by atoms with E-state index in [2.05, 4.69) is 0 Å². The Bertz CT molecular complexity index is 127. The van der Waals surface area contributed by atoms with Crippen molar-refractivity contribution in [1.82, 2.24) is 0 Å². The Labute approximate surface area is 62.6 Å². The fourth-order valence-corrected chi connectivity index (χ4v) is 0.746. The fraction of sp³-hybridized carbons (Fsp3) is 1.00. The summed E-state index contributed by atoms with van der Waals surface area (Å²) in [7, 11) is 0. The van der Waals surface area contributed by atoms with Crippen LogP contribution in [0.1, 0.15) is 20.3 Å². The molecule has 0 aromatic heterocycles. The molecule has 0 saturated heterocycles. The molecule has 0 aromatic rings. The molecule has 68 valence electrons. The Hall–Kier alpha value is -0.320. The molecule has 0 aliphatic carbocycles. The Morgan fingerprint density at radius 3 is 1.73 bits per heavy atom. The van der Waals surface area contributed by atoms with Gasteiger partial charge >= 0.3 is 0 Å². The second-order valence-corrected chi connectivity index (χ2v) is 3.05. The molecule has 0 bridgehead atoms. The monoisotopic (exact) mass is 173 g/mol. The van der Waals surface area contributed by atoms with Crippen molar-refractivity contribution < 1.29 is 17.6 Å². The quantitative estimate of drug-likeness (QED) is 0.649. The zero-order chi connectivity index (χ0) is 9.28. The molecule has 0 heterocycles. The molecule has 2 N–H and O–H groups in total. The Balaban J connectivity index is 4.13. The molecular weight excluding hydrogens is 162 g/mol. The number of nitrogens with two attached hydrogens (primary N) is 1. The average Bonchev–Trinajstić information content (AvgIpc) is 1.56. The van der Waals surface area contributed by atoms with E-state index in [0.29, 0.717) is 6.92 Å². The van der Waals surface area contributed by atoms with Gasteiger partial charge in [-0.3, -0.25) is 0 Å². The normalized spacial score (nSPS) is 18.5. The predicted octanol–water partition coefficient (Wildman–Crippen LogP) is 2.01. The summed E-state index contributed by atoms with van der Waals surface area (Å²) in [5, 5.41) is 0. The highest BCUT2D eigenvalue weighted by molar-refractivity contribution is 4.85. The van der Waals surface area contributed by atoms with Crippen LogP contribution in [0.15, 0.2) is 0 Å².